The van der Waals surface area contributed by atoms with Crippen LogP contribution in [0.4, 0.5) is 0 Å². The van der Waals surface area contributed by atoms with Gasteiger partial charge in [-0.05, 0) is 24.1 Å². The van der Waals surface area contributed by atoms with E-state index < -0.39 is 0 Å². The predicted molar refractivity (Wildman–Crippen MR) is 111 cm³/mol. The summed E-state index contributed by atoms with van der Waals surface area (Å²) in [6.45, 7) is 3.66. The zero-order chi connectivity index (χ0) is 17.2. The minimum absolute atomic E-state index is 0. The van der Waals surface area contributed by atoms with Crippen molar-refractivity contribution in [2.75, 3.05) is 20.7 Å². The van der Waals surface area contributed by atoms with E-state index in [4.69, 9.17) is 9.47 Å². The SMILES string of the molecule is CCCNC(=NC)NCc1ccc(Oc2cccc(OC)c2)nc1.I. The molecule has 2 rings (SSSR count). The number of rotatable bonds is 7. The highest BCUT2D eigenvalue weighted by molar-refractivity contribution is 14.0. The summed E-state index contributed by atoms with van der Waals surface area (Å²) in [5.41, 5.74) is 1.05. The summed E-state index contributed by atoms with van der Waals surface area (Å²) < 4.78 is 10.9. The predicted octanol–water partition coefficient (Wildman–Crippen LogP) is 3.58. The Balaban J connectivity index is 0.00000312. The number of halogens is 1. The third-order valence-corrected chi connectivity index (χ3v) is 3.29. The molecular weight excluding hydrogens is 431 g/mol. The second-order valence-corrected chi connectivity index (χ2v) is 5.14. The van der Waals surface area contributed by atoms with Crippen LogP contribution in [0.15, 0.2) is 47.6 Å². The summed E-state index contributed by atoms with van der Waals surface area (Å²) in [5, 5.41) is 6.47. The molecule has 0 aliphatic heterocycles. The highest BCUT2D eigenvalue weighted by Crippen LogP contribution is 2.23. The first-order valence-electron chi connectivity index (χ1n) is 7.96. The topological polar surface area (TPSA) is 67.8 Å². The van der Waals surface area contributed by atoms with Gasteiger partial charge in [0.25, 0.3) is 0 Å². The lowest BCUT2D eigenvalue weighted by Gasteiger charge is -2.11. The van der Waals surface area contributed by atoms with E-state index in [0.717, 1.165) is 30.2 Å². The largest absolute Gasteiger partial charge is 0.497 e. The van der Waals surface area contributed by atoms with Crippen molar-refractivity contribution in [1.29, 1.82) is 0 Å². The highest BCUT2D eigenvalue weighted by Gasteiger charge is 2.02. The summed E-state index contributed by atoms with van der Waals surface area (Å²) in [6, 6.07) is 11.3. The number of aromatic nitrogens is 1. The first-order valence-corrected chi connectivity index (χ1v) is 7.96. The molecule has 0 saturated carbocycles. The van der Waals surface area contributed by atoms with Gasteiger partial charge in [0.15, 0.2) is 5.96 Å². The molecule has 0 fully saturated rings. The summed E-state index contributed by atoms with van der Waals surface area (Å²) in [5.74, 6) is 2.77. The van der Waals surface area contributed by atoms with Gasteiger partial charge in [-0.2, -0.15) is 0 Å². The van der Waals surface area contributed by atoms with Crippen LogP contribution in [-0.2, 0) is 6.54 Å². The standard InChI is InChI=1S/C18H24N4O2.HI/c1-4-10-20-18(19-2)22-13-14-8-9-17(21-12-14)24-16-7-5-6-15(11-16)23-3;/h5-9,11-12H,4,10,13H2,1-3H3,(H2,19,20,22);1H. The van der Waals surface area contributed by atoms with Crippen LogP contribution < -0.4 is 20.1 Å². The molecule has 0 saturated heterocycles. The van der Waals surface area contributed by atoms with Crippen molar-refractivity contribution in [3.63, 3.8) is 0 Å². The normalized spacial score (nSPS) is 10.6. The first-order chi connectivity index (χ1) is 11.7. The third kappa shape index (κ3) is 7.16. The van der Waals surface area contributed by atoms with Gasteiger partial charge in [0, 0.05) is 38.5 Å². The molecule has 25 heavy (non-hydrogen) atoms. The number of benzene rings is 1. The molecule has 1 heterocycles. The fraction of sp³-hybridized carbons (Fsp3) is 0.333. The molecule has 1 aromatic carbocycles. The minimum atomic E-state index is 0. The van der Waals surface area contributed by atoms with E-state index in [9.17, 15) is 0 Å². The molecule has 0 atom stereocenters. The number of nitrogens with zero attached hydrogens (tertiary/aromatic N) is 2. The lowest BCUT2D eigenvalue weighted by atomic mass is 10.3. The van der Waals surface area contributed by atoms with Gasteiger partial charge < -0.3 is 20.1 Å². The van der Waals surface area contributed by atoms with Crippen molar-refractivity contribution in [1.82, 2.24) is 15.6 Å². The van der Waals surface area contributed by atoms with E-state index in [2.05, 4.69) is 27.5 Å². The lowest BCUT2D eigenvalue weighted by Crippen LogP contribution is -2.37. The van der Waals surface area contributed by atoms with Gasteiger partial charge in [-0.1, -0.05) is 19.1 Å². The smallest absolute Gasteiger partial charge is 0.219 e. The molecule has 1 aromatic heterocycles. The molecule has 2 aromatic rings. The second kappa shape index (κ2) is 11.5. The average molecular weight is 456 g/mol. The van der Waals surface area contributed by atoms with Gasteiger partial charge in [-0.25, -0.2) is 4.98 Å². The quantitative estimate of drug-likeness (QED) is 0.379. The Morgan fingerprint density at radius 3 is 2.60 bits per heavy atom. The molecule has 136 valence electrons. The lowest BCUT2D eigenvalue weighted by molar-refractivity contribution is 0.407. The van der Waals surface area contributed by atoms with Gasteiger partial charge in [0.05, 0.1) is 7.11 Å². The first kappa shape index (κ1) is 21.0. The van der Waals surface area contributed by atoms with Crippen LogP contribution in [0.2, 0.25) is 0 Å². The molecule has 2 N–H and O–H groups in total. The summed E-state index contributed by atoms with van der Waals surface area (Å²) in [7, 11) is 3.39. The van der Waals surface area contributed by atoms with Crippen LogP contribution in [0.25, 0.3) is 0 Å². The number of methoxy groups -OCH3 is 1. The van der Waals surface area contributed by atoms with Crippen LogP contribution in [0.3, 0.4) is 0 Å². The Labute approximate surface area is 166 Å². The number of guanidine groups is 1. The van der Waals surface area contributed by atoms with E-state index in [0.29, 0.717) is 18.2 Å². The van der Waals surface area contributed by atoms with Gasteiger partial charge in [0.1, 0.15) is 11.5 Å². The van der Waals surface area contributed by atoms with Crippen LogP contribution in [0.5, 0.6) is 17.4 Å². The number of hydrogen-bond acceptors (Lipinski definition) is 4. The van der Waals surface area contributed by atoms with Crippen LogP contribution in [-0.4, -0.2) is 31.6 Å². The highest BCUT2D eigenvalue weighted by atomic mass is 127. The number of pyridine rings is 1. The molecule has 0 aliphatic carbocycles. The second-order valence-electron chi connectivity index (χ2n) is 5.14. The Bertz CT molecular complexity index is 662. The van der Waals surface area contributed by atoms with Crippen molar-refractivity contribution in [3.8, 4) is 17.4 Å². The monoisotopic (exact) mass is 456 g/mol. The van der Waals surface area contributed by atoms with Crippen molar-refractivity contribution in [2.45, 2.75) is 19.9 Å². The number of aliphatic imine (C=N–C) groups is 1. The number of nitrogens with one attached hydrogen (secondary N) is 2. The van der Waals surface area contributed by atoms with Gasteiger partial charge in [-0.3, -0.25) is 4.99 Å². The summed E-state index contributed by atoms with van der Waals surface area (Å²) in [4.78, 5) is 8.50. The maximum Gasteiger partial charge on any atom is 0.219 e. The zero-order valence-electron chi connectivity index (χ0n) is 14.8. The Hall–Kier alpha value is -2.03. The maximum absolute atomic E-state index is 5.73. The molecule has 0 aliphatic rings. The maximum atomic E-state index is 5.73. The van der Waals surface area contributed by atoms with Gasteiger partial charge in [-0.15, -0.1) is 24.0 Å². The van der Waals surface area contributed by atoms with Crippen LogP contribution in [0, 0.1) is 0 Å². The molecule has 0 radical (unpaired) electrons. The molecule has 0 spiro atoms. The average Bonchev–Trinajstić information content (AvgIpc) is 2.63. The van der Waals surface area contributed by atoms with Gasteiger partial charge >= 0.3 is 0 Å². The van der Waals surface area contributed by atoms with Crippen molar-refractivity contribution >= 4 is 29.9 Å². The summed E-state index contributed by atoms with van der Waals surface area (Å²) in [6.07, 6.45) is 2.84. The minimum Gasteiger partial charge on any atom is -0.497 e. The Morgan fingerprint density at radius 1 is 1.16 bits per heavy atom. The van der Waals surface area contributed by atoms with Crippen molar-refractivity contribution in [3.05, 3.63) is 48.2 Å². The fourth-order valence-corrected chi connectivity index (χ4v) is 2.01. The zero-order valence-corrected chi connectivity index (χ0v) is 17.1. The Kier molecular flexibility index (Phi) is 9.68. The number of ether oxygens (including phenoxy) is 2. The van der Waals surface area contributed by atoms with Crippen molar-refractivity contribution < 1.29 is 9.47 Å². The molecule has 0 bridgehead atoms. The molecule has 7 heteroatoms. The molecule has 0 unspecified atom stereocenters. The van der Waals surface area contributed by atoms with Gasteiger partial charge in [0.2, 0.25) is 5.88 Å². The van der Waals surface area contributed by atoms with E-state index in [-0.39, 0.29) is 24.0 Å². The van der Waals surface area contributed by atoms with Crippen LogP contribution in [0.1, 0.15) is 18.9 Å². The molecule has 6 nitrogen and oxygen atoms in total. The third-order valence-electron chi connectivity index (χ3n) is 3.29. The van der Waals surface area contributed by atoms with E-state index >= 15 is 0 Å². The van der Waals surface area contributed by atoms with E-state index in [1.54, 1.807) is 20.4 Å². The Morgan fingerprint density at radius 2 is 1.96 bits per heavy atom. The van der Waals surface area contributed by atoms with Crippen LogP contribution >= 0.6 is 24.0 Å². The summed E-state index contributed by atoms with van der Waals surface area (Å²) >= 11 is 0. The fourth-order valence-electron chi connectivity index (χ4n) is 2.01. The molecule has 0 amide bonds. The van der Waals surface area contributed by atoms with E-state index in [1.807, 2.05) is 36.4 Å². The number of hydrogen-bond donors (Lipinski definition) is 2. The van der Waals surface area contributed by atoms with E-state index in [1.165, 1.54) is 0 Å². The van der Waals surface area contributed by atoms with Crippen molar-refractivity contribution in [2.24, 2.45) is 4.99 Å². The molecular formula is C18H25IN4O2.